The second-order valence-corrected chi connectivity index (χ2v) is 36.0. The molecule has 0 aromatic carbocycles. The Hall–Kier alpha value is -4.53. The minimum absolute atomic E-state index is 0.000729. The Morgan fingerprint density at radius 3 is 0.703 bits per heavy atom. The van der Waals surface area contributed by atoms with E-state index < -0.39 is 0 Å². The molecule has 1 unspecified atom stereocenters. The number of allylic oxidation sites excluding steroid dienone is 14. The van der Waals surface area contributed by atoms with Crippen molar-refractivity contribution < 1.29 is 43.0 Å². The Bertz CT molecular complexity index is 2450. The molecule has 1 atom stereocenters. The normalized spacial score (nSPS) is 24.8. The van der Waals surface area contributed by atoms with Crippen molar-refractivity contribution in [2.45, 2.75) is 546 Å². The van der Waals surface area contributed by atoms with Gasteiger partial charge in [-0.25, -0.2) is 0 Å². The van der Waals surface area contributed by atoms with Crippen molar-refractivity contribution in [1.82, 2.24) is 0 Å². The van der Waals surface area contributed by atoms with E-state index in [1.165, 1.54) is 353 Å². The van der Waals surface area contributed by atoms with E-state index >= 15 is 0 Å². The van der Waals surface area contributed by atoms with Crippen molar-refractivity contribution in [3.8, 4) is 0 Å². The van der Waals surface area contributed by atoms with E-state index in [9.17, 15) is 33.6 Å². The fourth-order valence-electron chi connectivity index (χ4n) is 16.2. The van der Waals surface area contributed by atoms with Crippen LogP contribution < -0.4 is 0 Å². The molecule has 9 nitrogen and oxygen atoms in total. The number of carbonyl (C=O) groups is 7. The van der Waals surface area contributed by atoms with E-state index in [1.54, 1.807) is 0 Å². The minimum atomic E-state index is -0.0129. The number of carbonyl (C=O) groups excluding carboxylic acids is 7. The van der Waals surface area contributed by atoms with Crippen LogP contribution in [0.5, 0.6) is 0 Å². The fourth-order valence-corrected chi connectivity index (χ4v) is 16.2. The van der Waals surface area contributed by atoms with Gasteiger partial charge in [0.2, 0.25) is 0 Å². The quantitative estimate of drug-likeness (QED) is 0.171. The second-order valence-electron chi connectivity index (χ2n) is 36.0. The average molecular weight is 1640 g/mol. The highest BCUT2D eigenvalue weighted by Crippen LogP contribution is 2.22. The number of rotatable bonds is 0. The summed E-state index contributed by atoms with van der Waals surface area (Å²) in [6.45, 7) is 3.40. The Labute approximate surface area is 730 Å². The lowest BCUT2D eigenvalue weighted by molar-refractivity contribution is -0.144. The molecule has 0 amide bonds. The van der Waals surface area contributed by atoms with Crippen LogP contribution in [0.15, 0.2) is 85.1 Å². The summed E-state index contributed by atoms with van der Waals surface area (Å²) < 4.78 is 10.4. The van der Waals surface area contributed by atoms with Gasteiger partial charge >= 0.3 is 11.9 Å². The van der Waals surface area contributed by atoms with Crippen molar-refractivity contribution in [1.29, 1.82) is 0 Å². The third-order valence-corrected chi connectivity index (χ3v) is 24.1. The average Bonchev–Trinajstić information content (AvgIpc) is 1.34. The lowest BCUT2D eigenvalue weighted by Gasteiger charge is -2.07. The summed E-state index contributed by atoms with van der Waals surface area (Å²) in [5.41, 5.74) is 0. The molecular formula is C109H190O9. The lowest BCUT2D eigenvalue weighted by Crippen LogP contribution is -2.05. The van der Waals surface area contributed by atoms with E-state index in [4.69, 9.17) is 9.47 Å². The third-order valence-electron chi connectivity index (χ3n) is 24.1. The maximum Gasteiger partial charge on any atom is 0.305 e. The summed E-state index contributed by atoms with van der Waals surface area (Å²) in [7, 11) is 0. The maximum absolute atomic E-state index is 11.7. The molecular weight excluding hydrogens is 1450 g/mol. The number of ketones is 5. The Morgan fingerprint density at radius 2 is 0.381 bits per heavy atom. The van der Waals surface area contributed by atoms with Gasteiger partial charge in [-0.2, -0.15) is 0 Å². The van der Waals surface area contributed by atoms with E-state index in [0.29, 0.717) is 67.3 Å². The van der Waals surface area contributed by atoms with Gasteiger partial charge in [0.1, 0.15) is 28.9 Å². The molecule has 0 saturated carbocycles. The van der Waals surface area contributed by atoms with Crippen LogP contribution in [-0.4, -0.2) is 54.1 Å². The monoisotopic (exact) mass is 1640 g/mol. The molecule has 0 N–H and O–H groups in total. The van der Waals surface area contributed by atoms with Crippen LogP contribution in [0.3, 0.4) is 0 Å². The minimum Gasteiger partial charge on any atom is -0.466 e. The smallest absolute Gasteiger partial charge is 0.305 e. The molecule has 0 aromatic heterocycles. The first-order valence-electron chi connectivity index (χ1n) is 51.6. The van der Waals surface area contributed by atoms with Crippen LogP contribution in [0.4, 0.5) is 0 Å². The van der Waals surface area contributed by atoms with Crippen LogP contribution in [0.2, 0.25) is 0 Å². The first-order valence-corrected chi connectivity index (χ1v) is 51.6. The molecule has 2 heterocycles. The summed E-state index contributed by atoms with van der Waals surface area (Å²) in [5.74, 6) is 2.85. The number of Topliss-reactive ketones (excluding diaryl/α,β-unsaturated/α-hetero) is 5. The standard InChI is InChI=1S/C17H30O.C16H28O2.2C16H28O.C15H26O2.C15H26O.C14H24O/c18-17-15-13-11-9-7-5-3-1-2-4-6-8-10-12-14-16-17;17-16-14-12-10-8-6-4-2-1-3-5-7-9-11-13-15-18-16;1-15-12-10-8-6-4-2-3-5-7-9-11-13-16(17)14-15;17-16-14-12-10-8-6-4-2-1-3-5-7-9-11-13-15-16;16-15-13-11-9-7-5-3-1-2-4-6-8-10-12-14-17-15;16-15-13-11-9-7-5-3-1-2-4-6-8-10-12-14-15;15-14-12-10-8-6-4-2-1-3-5-7-9-11-13-14/h1-2H,3-16H2;1-2H,3-15H2;8,10,15H,2-7,9,11-14H2,1H3;6,8H,1-5,7,9-15H2;6,8H,1-5,7,9-14H2;7,9H,1-6,8,10-14H2;8,10H,1-7,9,11-13H2/b2-1-;2-1+;10-8-;2*8-6-;9-7-;10-8+. The maximum atomic E-state index is 11.7. The summed E-state index contributed by atoms with van der Waals surface area (Å²) in [4.78, 5) is 80.5. The highest BCUT2D eigenvalue weighted by molar-refractivity contribution is 5.80. The van der Waals surface area contributed by atoms with E-state index in [2.05, 4.69) is 92.0 Å². The lowest BCUT2D eigenvalue weighted by atomic mass is 9.97. The van der Waals surface area contributed by atoms with Crippen LogP contribution in [-0.2, 0) is 43.0 Å². The predicted octanol–water partition coefficient (Wildman–Crippen LogP) is 34.2. The number of esters is 2. The first kappa shape index (κ1) is 111. The molecule has 0 saturated heterocycles. The number of hydrogen-bond acceptors (Lipinski definition) is 9. The van der Waals surface area contributed by atoms with Crippen LogP contribution in [0.1, 0.15) is 546 Å². The number of ether oxygens (including phenoxy) is 2. The molecule has 7 aliphatic rings. The van der Waals surface area contributed by atoms with Crippen LogP contribution in [0.25, 0.3) is 0 Å². The second kappa shape index (κ2) is 94.7. The molecule has 0 aromatic rings. The molecule has 680 valence electrons. The van der Waals surface area contributed by atoms with Gasteiger partial charge in [0, 0.05) is 77.0 Å². The van der Waals surface area contributed by atoms with Crippen molar-refractivity contribution in [2.24, 2.45) is 5.92 Å². The molecule has 5 aliphatic carbocycles. The topological polar surface area (TPSA) is 138 Å². The van der Waals surface area contributed by atoms with Crippen LogP contribution in [0, 0.1) is 5.92 Å². The van der Waals surface area contributed by atoms with E-state index in [0.717, 1.165) is 167 Å². The fraction of sp³-hybridized carbons (Fsp3) is 0.807. The number of cyclic esters (lactones) is 2. The van der Waals surface area contributed by atoms with Gasteiger partial charge in [-0.05, 0) is 218 Å². The highest BCUT2D eigenvalue weighted by Gasteiger charge is 2.11. The predicted molar refractivity (Wildman–Crippen MR) is 508 cm³/mol. The van der Waals surface area contributed by atoms with Crippen LogP contribution >= 0.6 is 0 Å². The summed E-state index contributed by atoms with van der Waals surface area (Å²) >= 11 is 0. The van der Waals surface area contributed by atoms with E-state index in [1.807, 2.05) is 0 Å². The number of hydrogen-bond donors (Lipinski definition) is 0. The van der Waals surface area contributed by atoms with Crippen molar-refractivity contribution in [3.63, 3.8) is 0 Å². The van der Waals surface area contributed by atoms with Crippen molar-refractivity contribution in [2.75, 3.05) is 13.2 Å². The largest absolute Gasteiger partial charge is 0.466 e. The van der Waals surface area contributed by atoms with Gasteiger partial charge in [0.25, 0.3) is 0 Å². The molecule has 118 heavy (non-hydrogen) atoms. The first-order chi connectivity index (χ1) is 58.2. The summed E-state index contributed by atoms with van der Waals surface area (Å²) in [6.07, 6.45) is 131. The Balaban J connectivity index is 0.000000689. The van der Waals surface area contributed by atoms with Crippen molar-refractivity contribution >= 4 is 40.9 Å². The molecule has 0 radical (unpaired) electrons. The Morgan fingerprint density at radius 1 is 0.178 bits per heavy atom. The zero-order valence-electron chi connectivity index (χ0n) is 77.6. The third kappa shape index (κ3) is 92.2. The van der Waals surface area contributed by atoms with Gasteiger partial charge in [-0.15, -0.1) is 0 Å². The van der Waals surface area contributed by atoms with Crippen molar-refractivity contribution in [3.05, 3.63) is 85.1 Å². The van der Waals surface area contributed by atoms with Gasteiger partial charge < -0.3 is 9.47 Å². The molecule has 0 spiro atoms. The SMILES string of the molecule is CC1C/C=C\CCCCCCCCCC(=O)C1.O=C1C/C=C/CCCCCCCCCC1.O=C1CC/C=C\CCCCCCCCCC1.O=C1CCC/C=C\CCCCCCCCCC1.O=C1CCCCCC/C=C/CCCCCCCO1.O=C1CCCCCCC/C=C\CCCCCCC1.O=C1CCCCCCCCC/C=C\CCCO1. The Kier molecular flexibility index (Phi) is 89.5. The molecule has 7 rings (SSSR count). The molecule has 9 heteroatoms. The van der Waals surface area contributed by atoms with E-state index in [-0.39, 0.29) is 11.9 Å². The van der Waals surface area contributed by atoms with Gasteiger partial charge in [-0.1, -0.05) is 342 Å². The molecule has 2 aliphatic heterocycles. The van der Waals surface area contributed by atoms with Gasteiger partial charge in [0.15, 0.2) is 0 Å². The summed E-state index contributed by atoms with van der Waals surface area (Å²) in [5, 5.41) is 0. The highest BCUT2D eigenvalue weighted by atomic mass is 16.5. The summed E-state index contributed by atoms with van der Waals surface area (Å²) in [6, 6.07) is 0. The van der Waals surface area contributed by atoms with Gasteiger partial charge in [0.05, 0.1) is 13.2 Å². The molecule has 0 bridgehead atoms. The zero-order chi connectivity index (χ0) is 84.7. The molecule has 0 fully saturated rings. The zero-order valence-corrected chi connectivity index (χ0v) is 77.6. The van der Waals surface area contributed by atoms with Gasteiger partial charge in [-0.3, -0.25) is 33.6 Å².